The number of guanidine groups is 1. The largest absolute Gasteiger partial charge is 0.370 e. The van der Waals surface area contributed by atoms with Crippen LogP contribution in [0.2, 0.25) is 10.0 Å². The molecule has 0 spiro atoms. The van der Waals surface area contributed by atoms with Crippen molar-refractivity contribution in [1.29, 1.82) is 0 Å². The fourth-order valence-electron chi connectivity index (χ4n) is 2.28. The number of hydrogen-bond acceptors (Lipinski definition) is 1. The third-order valence-corrected chi connectivity index (χ3v) is 4.00. The molecule has 4 N–H and O–H groups in total. The molecule has 2 rings (SSSR count). The van der Waals surface area contributed by atoms with Crippen LogP contribution in [0, 0.1) is 6.92 Å². The summed E-state index contributed by atoms with van der Waals surface area (Å²) in [5.74, 6) is -1.28. The van der Waals surface area contributed by atoms with Gasteiger partial charge in [-0.25, -0.2) is 0 Å². The van der Waals surface area contributed by atoms with Gasteiger partial charge in [-0.05, 0) is 36.6 Å². The lowest BCUT2D eigenvalue weighted by Crippen LogP contribution is -2.26. The van der Waals surface area contributed by atoms with E-state index in [0.29, 0.717) is 22.0 Å². The van der Waals surface area contributed by atoms with Crippen LogP contribution in [0.1, 0.15) is 22.6 Å². The van der Waals surface area contributed by atoms with Crippen molar-refractivity contribution in [3.8, 4) is 0 Å². The van der Waals surface area contributed by atoms with Gasteiger partial charge in [0.2, 0.25) is 0 Å². The molecule has 0 aromatic heterocycles. The second-order valence-electron chi connectivity index (χ2n) is 5.28. The molecule has 0 radical (unpaired) electrons. The number of aryl methyl sites for hydroxylation is 1. The van der Waals surface area contributed by atoms with Crippen molar-refractivity contribution in [2.75, 3.05) is 0 Å². The Kier molecular flexibility index (Phi) is 5.64. The molecule has 1 atom stereocenters. The Morgan fingerprint density at radius 3 is 2.35 bits per heavy atom. The highest BCUT2D eigenvalue weighted by Crippen LogP contribution is 2.31. The minimum absolute atomic E-state index is 0.269. The molecule has 2 aromatic carbocycles. The van der Waals surface area contributed by atoms with Crippen LogP contribution in [-0.4, -0.2) is 11.9 Å². The Morgan fingerprint density at radius 1 is 1.13 bits per heavy atom. The van der Waals surface area contributed by atoms with E-state index in [4.69, 9.17) is 34.7 Å². The van der Waals surface area contributed by atoms with Gasteiger partial charge in [-0.1, -0.05) is 59.1 Å². The van der Waals surface area contributed by atoms with E-state index in [1.54, 1.807) is 18.2 Å². The highest BCUT2D eigenvalue weighted by atomic mass is 35.5. The first-order valence-electron chi connectivity index (χ1n) is 7.01. The number of nitrogens with zero attached hydrogens (tertiary/aromatic N) is 1. The lowest BCUT2D eigenvalue weighted by atomic mass is 9.91. The minimum Gasteiger partial charge on any atom is -0.370 e. The summed E-state index contributed by atoms with van der Waals surface area (Å²) in [6.07, 6.45) is 0.442. The summed E-state index contributed by atoms with van der Waals surface area (Å²) < 4.78 is 0. The monoisotopic (exact) mass is 349 g/mol. The summed E-state index contributed by atoms with van der Waals surface area (Å²) in [6.45, 7) is 2.00. The van der Waals surface area contributed by atoms with E-state index in [2.05, 4.69) is 4.99 Å². The van der Waals surface area contributed by atoms with Crippen molar-refractivity contribution in [3.05, 3.63) is 69.2 Å². The summed E-state index contributed by atoms with van der Waals surface area (Å²) in [5.41, 5.74) is 13.5. The molecule has 0 bridgehead atoms. The molecular weight excluding hydrogens is 333 g/mol. The quantitative estimate of drug-likeness (QED) is 0.655. The van der Waals surface area contributed by atoms with Gasteiger partial charge in [-0.3, -0.25) is 4.79 Å². The average Bonchev–Trinajstić information content (AvgIpc) is 2.46. The number of carbonyl (C=O) groups excluding carboxylic acids is 1. The highest BCUT2D eigenvalue weighted by Gasteiger charge is 2.23. The van der Waals surface area contributed by atoms with Crippen molar-refractivity contribution in [3.63, 3.8) is 0 Å². The van der Waals surface area contributed by atoms with Crippen molar-refractivity contribution >= 4 is 35.1 Å². The molecule has 6 heteroatoms. The van der Waals surface area contributed by atoms with Crippen molar-refractivity contribution in [1.82, 2.24) is 0 Å². The number of aliphatic imine (C=N–C) groups is 1. The zero-order valence-electron chi connectivity index (χ0n) is 12.6. The van der Waals surface area contributed by atoms with Gasteiger partial charge in [0.25, 0.3) is 5.91 Å². The van der Waals surface area contributed by atoms with Crippen LogP contribution in [0.5, 0.6) is 0 Å². The highest BCUT2D eigenvalue weighted by molar-refractivity contribution is 6.35. The van der Waals surface area contributed by atoms with E-state index in [-0.39, 0.29) is 5.96 Å². The molecule has 0 heterocycles. The molecule has 4 nitrogen and oxygen atoms in total. The molecule has 0 aliphatic heterocycles. The minimum atomic E-state index is -0.579. The molecule has 0 fully saturated rings. The van der Waals surface area contributed by atoms with Crippen LogP contribution < -0.4 is 11.5 Å². The van der Waals surface area contributed by atoms with E-state index in [0.717, 1.165) is 11.1 Å². The molecular formula is C17H17Cl2N3O. The molecule has 1 unspecified atom stereocenters. The zero-order chi connectivity index (χ0) is 17.0. The molecule has 0 aliphatic carbocycles. The predicted molar refractivity (Wildman–Crippen MR) is 94.9 cm³/mol. The third kappa shape index (κ3) is 4.71. The Morgan fingerprint density at radius 2 is 1.78 bits per heavy atom. The van der Waals surface area contributed by atoms with Gasteiger partial charge in [0.05, 0.1) is 5.92 Å². The van der Waals surface area contributed by atoms with Gasteiger partial charge >= 0.3 is 0 Å². The lowest BCUT2D eigenvalue weighted by Gasteiger charge is -2.16. The Balaban J connectivity index is 2.40. The van der Waals surface area contributed by atoms with E-state index in [1.165, 1.54) is 0 Å². The second kappa shape index (κ2) is 7.49. The Labute approximate surface area is 145 Å². The number of rotatable bonds is 4. The van der Waals surface area contributed by atoms with Gasteiger partial charge < -0.3 is 11.5 Å². The fraction of sp³-hybridized carbons (Fsp3) is 0.176. The fourth-order valence-corrected chi connectivity index (χ4v) is 2.82. The van der Waals surface area contributed by atoms with Crippen molar-refractivity contribution in [2.45, 2.75) is 19.3 Å². The zero-order valence-corrected chi connectivity index (χ0v) is 14.1. The van der Waals surface area contributed by atoms with Gasteiger partial charge in [-0.2, -0.15) is 4.99 Å². The maximum atomic E-state index is 12.4. The summed E-state index contributed by atoms with van der Waals surface area (Å²) in [5, 5.41) is 0.913. The number of nitrogens with two attached hydrogens (primary N) is 2. The molecule has 1 amide bonds. The van der Waals surface area contributed by atoms with E-state index in [1.807, 2.05) is 31.2 Å². The van der Waals surface area contributed by atoms with E-state index >= 15 is 0 Å². The first-order chi connectivity index (χ1) is 10.9. The van der Waals surface area contributed by atoms with Crippen molar-refractivity contribution < 1.29 is 4.79 Å². The maximum absolute atomic E-state index is 12.4. The van der Waals surface area contributed by atoms with Crippen LogP contribution >= 0.6 is 23.2 Å². The molecule has 23 heavy (non-hydrogen) atoms. The first kappa shape index (κ1) is 17.3. The molecule has 0 saturated heterocycles. The van der Waals surface area contributed by atoms with Crippen molar-refractivity contribution in [2.24, 2.45) is 16.5 Å². The molecule has 0 aliphatic rings. The second-order valence-corrected chi connectivity index (χ2v) is 6.13. The number of amides is 1. The number of halogens is 2. The normalized spacial score (nSPS) is 11.8. The summed E-state index contributed by atoms with van der Waals surface area (Å²) in [6, 6.07) is 12.9. The summed E-state index contributed by atoms with van der Waals surface area (Å²) >= 11 is 12.2. The first-order valence-corrected chi connectivity index (χ1v) is 7.76. The van der Waals surface area contributed by atoms with E-state index in [9.17, 15) is 4.79 Å². The van der Waals surface area contributed by atoms with Crippen LogP contribution in [0.15, 0.2) is 47.5 Å². The van der Waals surface area contributed by atoms with Gasteiger partial charge in [-0.15, -0.1) is 0 Å². The topological polar surface area (TPSA) is 81.5 Å². The summed E-state index contributed by atoms with van der Waals surface area (Å²) in [7, 11) is 0. The standard InChI is InChI=1S/C17H17Cl2N3O/c1-10-2-4-11(5-3-10)8-14(16(23)22-17(20)21)13-7-6-12(18)9-15(13)19/h2-7,9,14H,8H2,1H3,(H4,20,21,22,23). The van der Waals surface area contributed by atoms with Crippen LogP contribution in [0.3, 0.4) is 0 Å². The smallest absolute Gasteiger partial charge is 0.256 e. The maximum Gasteiger partial charge on any atom is 0.256 e. The van der Waals surface area contributed by atoms with E-state index < -0.39 is 11.8 Å². The van der Waals surface area contributed by atoms with Crippen LogP contribution in [0.25, 0.3) is 0 Å². The Bertz CT molecular complexity index is 738. The van der Waals surface area contributed by atoms with Gasteiger partial charge in [0.1, 0.15) is 0 Å². The number of hydrogen-bond donors (Lipinski definition) is 2. The number of benzene rings is 2. The van der Waals surface area contributed by atoms with Crippen LogP contribution in [-0.2, 0) is 11.2 Å². The summed E-state index contributed by atoms with van der Waals surface area (Å²) in [4.78, 5) is 16.1. The van der Waals surface area contributed by atoms with Crippen LogP contribution in [0.4, 0.5) is 0 Å². The lowest BCUT2D eigenvalue weighted by molar-refractivity contribution is -0.119. The third-order valence-electron chi connectivity index (χ3n) is 3.44. The molecule has 0 saturated carbocycles. The predicted octanol–water partition coefficient (Wildman–Crippen LogP) is 3.43. The average molecular weight is 350 g/mol. The van der Waals surface area contributed by atoms with Gasteiger partial charge in [0, 0.05) is 10.0 Å². The Hall–Kier alpha value is -2.04. The van der Waals surface area contributed by atoms with Gasteiger partial charge in [0.15, 0.2) is 5.96 Å². The number of carbonyl (C=O) groups is 1. The SMILES string of the molecule is Cc1ccc(CC(C(=O)N=C(N)N)c2ccc(Cl)cc2Cl)cc1. The molecule has 2 aromatic rings. The molecule has 120 valence electrons.